The molecule has 0 saturated heterocycles. The van der Waals surface area contributed by atoms with Crippen LogP contribution < -0.4 is 31.9 Å². The number of nitrogens with one attached hydrogen (secondary N) is 3. The van der Waals surface area contributed by atoms with E-state index in [4.69, 9.17) is 10.5 Å². The van der Waals surface area contributed by atoms with Crippen LogP contribution in [0.25, 0.3) is 11.1 Å². The normalized spacial score (nSPS) is 18.9. The van der Waals surface area contributed by atoms with Crippen LogP contribution in [-0.2, 0) is 7.05 Å². The highest BCUT2D eigenvalue weighted by Crippen LogP contribution is 2.29. The second kappa shape index (κ2) is 10.3. The van der Waals surface area contributed by atoms with E-state index in [-0.39, 0.29) is 29.5 Å². The van der Waals surface area contributed by atoms with Crippen molar-refractivity contribution >= 4 is 23.8 Å². The van der Waals surface area contributed by atoms with Crippen molar-refractivity contribution < 1.29 is 14.3 Å². The number of hydrogen-bond acceptors (Lipinski definition) is 9. The van der Waals surface area contributed by atoms with Crippen molar-refractivity contribution in [2.24, 2.45) is 17.9 Å². The van der Waals surface area contributed by atoms with Crippen LogP contribution in [0.3, 0.4) is 0 Å². The summed E-state index contributed by atoms with van der Waals surface area (Å²) in [6.07, 6.45) is 7.94. The number of aryl methyl sites for hydroxylation is 2. The highest BCUT2D eigenvalue weighted by atomic mass is 16.5. The second-order valence-corrected chi connectivity index (χ2v) is 9.19. The van der Waals surface area contributed by atoms with Crippen LogP contribution in [0, 0.1) is 6.92 Å². The Hall–Kier alpha value is -4.45. The molecule has 5 rings (SSSR count). The molecular weight excluding hydrogens is 474 g/mol. The first kappa shape index (κ1) is 24.3. The minimum atomic E-state index is -0.571. The Bertz CT molecular complexity index is 1340. The van der Waals surface area contributed by atoms with Gasteiger partial charge in [-0.05, 0) is 68.5 Å². The number of anilines is 1. The molecule has 0 unspecified atom stereocenters. The lowest BCUT2D eigenvalue weighted by Gasteiger charge is -2.29. The standard InChI is InChI=1S/C25H29N9O3/c1-15-22(13-33(2)30-15)16-10-17(12-19(11-16)34-14-28-31-32-34)24(36)29-18-5-7-20(8-6-18)37-25-21(23(26)35)4-3-9-27-25/h3-4,9-14,18,20,31-32H,5-8H2,1-2H3,(H2,26,35)(H,29,36)/t18-,20-. The Morgan fingerprint density at radius 1 is 1.19 bits per heavy atom. The summed E-state index contributed by atoms with van der Waals surface area (Å²) in [5.41, 5.74) is 15.3. The third-order valence-electron chi connectivity index (χ3n) is 6.52. The van der Waals surface area contributed by atoms with Crippen molar-refractivity contribution in [3.63, 3.8) is 0 Å². The largest absolute Gasteiger partial charge is 0.474 e. The predicted octanol–water partition coefficient (Wildman–Crippen LogP) is 1.78. The lowest BCUT2D eigenvalue weighted by atomic mass is 9.92. The van der Waals surface area contributed by atoms with E-state index in [1.807, 2.05) is 38.4 Å². The maximum absolute atomic E-state index is 13.3. The van der Waals surface area contributed by atoms with Crippen molar-refractivity contribution in [2.75, 3.05) is 5.01 Å². The third kappa shape index (κ3) is 5.38. The van der Waals surface area contributed by atoms with Crippen LogP contribution in [0.15, 0.2) is 47.8 Å². The zero-order valence-electron chi connectivity index (χ0n) is 20.6. The van der Waals surface area contributed by atoms with Crippen molar-refractivity contribution in [3.05, 3.63) is 59.5 Å². The van der Waals surface area contributed by atoms with Gasteiger partial charge in [-0.2, -0.15) is 10.2 Å². The fraction of sp³-hybridized carbons (Fsp3) is 0.320. The summed E-state index contributed by atoms with van der Waals surface area (Å²) in [6, 6.07) is 8.94. The molecule has 1 aliphatic carbocycles. The number of amides is 2. The Morgan fingerprint density at radius 2 is 2.00 bits per heavy atom. The number of aromatic nitrogens is 3. The van der Waals surface area contributed by atoms with Crippen molar-refractivity contribution in [3.8, 4) is 17.0 Å². The molecule has 3 heterocycles. The highest BCUT2D eigenvalue weighted by Gasteiger charge is 2.26. The number of nitrogens with two attached hydrogens (primary N) is 1. The van der Waals surface area contributed by atoms with Gasteiger partial charge in [0.05, 0.1) is 11.4 Å². The van der Waals surface area contributed by atoms with Gasteiger partial charge < -0.3 is 15.8 Å². The third-order valence-corrected chi connectivity index (χ3v) is 6.52. The van der Waals surface area contributed by atoms with Gasteiger partial charge >= 0.3 is 0 Å². The van der Waals surface area contributed by atoms with Crippen LogP contribution in [0.2, 0.25) is 0 Å². The van der Waals surface area contributed by atoms with E-state index >= 15 is 0 Å². The van der Waals surface area contributed by atoms with Crippen molar-refractivity contribution in [1.82, 2.24) is 31.2 Å². The first-order valence-electron chi connectivity index (χ1n) is 12.1. The number of ether oxygens (including phenoxy) is 1. The summed E-state index contributed by atoms with van der Waals surface area (Å²) in [7, 11) is 1.87. The Morgan fingerprint density at radius 3 is 2.68 bits per heavy atom. The molecule has 2 aromatic heterocycles. The molecule has 1 saturated carbocycles. The quantitative estimate of drug-likeness (QED) is 0.381. The van der Waals surface area contributed by atoms with E-state index in [1.165, 1.54) is 0 Å². The topological polar surface area (TPSA) is 152 Å². The van der Waals surface area contributed by atoms with E-state index in [0.29, 0.717) is 5.56 Å². The summed E-state index contributed by atoms with van der Waals surface area (Å²) in [6.45, 7) is 1.94. The number of hydrazine groups is 2. The molecule has 0 radical (unpaired) electrons. The van der Waals surface area contributed by atoms with Gasteiger partial charge in [-0.15, -0.1) is 5.53 Å². The van der Waals surface area contributed by atoms with Crippen molar-refractivity contribution in [2.45, 2.75) is 44.8 Å². The van der Waals surface area contributed by atoms with E-state index < -0.39 is 5.91 Å². The molecule has 0 atom stereocenters. The first-order chi connectivity index (χ1) is 17.9. The molecule has 2 aliphatic rings. The number of hydrazone groups is 1. The van der Waals surface area contributed by atoms with Gasteiger partial charge in [0.2, 0.25) is 5.88 Å². The molecule has 12 nitrogen and oxygen atoms in total. The fourth-order valence-electron chi connectivity index (χ4n) is 4.67. The predicted molar refractivity (Wildman–Crippen MR) is 138 cm³/mol. The number of carbonyl (C=O) groups excluding carboxylic acids is 2. The van der Waals surface area contributed by atoms with Crippen LogP contribution in [0.5, 0.6) is 5.88 Å². The maximum atomic E-state index is 13.3. The molecular formula is C25H29N9O3. The zero-order chi connectivity index (χ0) is 25.9. The van der Waals surface area contributed by atoms with Gasteiger partial charge in [-0.1, -0.05) is 0 Å². The van der Waals surface area contributed by atoms with Gasteiger partial charge in [0.15, 0.2) is 0 Å². The molecule has 1 fully saturated rings. The second-order valence-electron chi connectivity index (χ2n) is 9.19. The number of hydrogen-bond donors (Lipinski definition) is 4. The van der Waals surface area contributed by atoms with Gasteiger partial charge in [0.1, 0.15) is 18.0 Å². The average molecular weight is 504 g/mol. The lowest BCUT2D eigenvalue weighted by molar-refractivity contribution is 0.0881. The molecule has 1 aliphatic heterocycles. The average Bonchev–Trinajstić information content (AvgIpc) is 3.55. The van der Waals surface area contributed by atoms with Gasteiger partial charge in [0, 0.05) is 36.6 Å². The number of nitrogens with zero attached hydrogens (tertiary/aromatic N) is 5. The maximum Gasteiger partial charge on any atom is 0.254 e. The summed E-state index contributed by atoms with van der Waals surface area (Å²) >= 11 is 0. The Balaban J connectivity index is 1.28. The molecule has 0 bridgehead atoms. The number of benzene rings is 1. The van der Waals surface area contributed by atoms with Gasteiger partial charge in [0.25, 0.3) is 11.8 Å². The van der Waals surface area contributed by atoms with Gasteiger partial charge in [-0.3, -0.25) is 14.3 Å². The summed E-state index contributed by atoms with van der Waals surface area (Å²) in [5.74, 6) is -0.469. The fourth-order valence-corrected chi connectivity index (χ4v) is 4.67. The molecule has 37 heavy (non-hydrogen) atoms. The number of pyridine rings is 1. The van der Waals surface area contributed by atoms with Gasteiger partial charge in [-0.25, -0.2) is 15.5 Å². The molecule has 0 spiro atoms. The van der Waals surface area contributed by atoms with Crippen LogP contribution in [-0.4, -0.2) is 45.1 Å². The minimum Gasteiger partial charge on any atom is -0.474 e. The first-order valence-corrected chi connectivity index (χ1v) is 12.1. The van der Waals surface area contributed by atoms with E-state index in [1.54, 1.807) is 34.4 Å². The zero-order valence-corrected chi connectivity index (χ0v) is 20.6. The van der Waals surface area contributed by atoms with Crippen LogP contribution in [0.4, 0.5) is 5.69 Å². The lowest BCUT2D eigenvalue weighted by Crippen LogP contribution is -2.40. The molecule has 2 amide bonds. The number of carbonyl (C=O) groups is 2. The minimum absolute atomic E-state index is 0.00654. The highest BCUT2D eigenvalue weighted by molar-refractivity contribution is 5.98. The summed E-state index contributed by atoms with van der Waals surface area (Å²) in [5, 5.41) is 13.3. The Kier molecular flexibility index (Phi) is 6.73. The molecule has 3 aromatic rings. The smallest absolute Gasteiger partial charge is 0.254 e. The van der Waals surface area contributed by atoms with Crippen LogP contribution in [0.1, 0.15) is 52.1 Å². The molecule has 192 valence electrons. The van der Waals surface area contributed by atoms with E-state index in [9.17, 15) is 9.59 Å². The van der Waals surface area contributed by atoms with E-state index in [0.717, 1.165) is 48.2 Å². The van der Waals surface area contributed by atoms with E-state index in [2.05, 4.69) is 31.6 Å². The molecule has 12 heteroatoms. The number of primary amides is 1. The van der Waals surface area contributed by atoms with Crippen LogP contribution >= 0.6 is 0 Å². The molecule has 1 aromatic carbocycles. The van der Waals surface area contributed by atoms with Crippen molar-refractivity contribution in [1.29, 1.82) is 0 Å². The number of rotatable bonds is 7. The summed E-state index contributed by atoms with van der Waals surface area (Å²) < 4.78 is 7.73. The monoisotopic (exact) mass is 503 g/mol. The Labute approximate surface area is 213 Å². The SMILES string of the molecule is Cc1nn(C)cc1-c1cc(C(=O)N[C@H]2CC[C@H](Oc3ncccc3C(N)=O)CC2)cc(N2C=NNN2)c1. The molecule has 5 N–H and O–H groups in total. The summed E-state index contributed by atoms with van der Waals surface area (Å²) in [4.78, 5) is 29.1.